The number of rotatable bonds is 9. The van der Waals surface area contributed by atoms with E-state index in [-0.39, 0.29) is 16.8 Å². The number of hydrogen-bond donors (Lipinski definition) is 0. The van der Waals surface area contributed by atoms with E-state index in [2.05, 4.69) is 27.7 Å². The van der Waals surface area contributed by atoms with E-state index in [1.54, 1.807) is 0 Å². The number of hydrogen-bond acceptors (Lipinski definition) is 2. The molecule has 0 fully saturated rings. The first-order valence-corrected chi connectivity index (χ1v) is 7.42. The van der Waals surface area contributed by atoms with Crippen molar-refractivity contribution in [3.05, 3.63) is 0 Å². The molecule has 0 bridgehead atoms. The largest absolute Gasteiger partial charge is 0.465 e. The summed E-state index contributed by atoms with van der Waals surface area (Å²) in [5.41, 5.74) is -0.233. The summed E-state index contributed by atoms with van der Waals surface area (Å²) in [4.78, 5) is 12.1. The average Bonchev–Trinajstić information content (AvgIpc) is 2.31. The molecule has 0 aromatic carbocycles. The van der Waals surface area contributed by atoms with Crippen LogP contribution in [-0.4, -0.2) is 12.6 Å². The molecule has 0 aromatic heterocycles. The van der Waals surface area contributed by atoms with Crippen molar-refractivity contribution >= 4 is 5.97 Å². The third-order valence-electron chi connectivity index (χ3n) is 3.51. The van der Waals surface area contributed by atoms with Gasteiger partial charge in [0.25, 0.3) is 0 Å². The lowest BCUT2D eigenvalue weighted by molar-refractivity contribution is -0.157. The average molecular weight is 256 g/mol. The Morgan fingerprint density at radius 2 is 1.44 bits per heavy atom. The van der Waals surface area contributed by atoms with Crippen LogP contribution >= 0.6 is 0 Å². The Morgan fingerprint density at radius 3 is 1.94 bits per heavy atom. The molecule has 0 amide bonds. The monoisotopic (exact) mass is 256 g/mol. The molecule has 0 spiro atoms. The maximum absolute atomic E-state index is 12.1. The summed E-state index contributed by atoms with van der Waals surface area (Å²) < 4.78 is 5.53. The molecule has 2 heteroatoms. The van der Waals surface area contributed by atoms with Gasteiger partial charge in [-0.1, -0.05) is 53.4 Å². The van der Waals surface area contributed by atoms with E-state index in [1.165, 1.54) is 12.8 Å². The summed E-state index contributed by atoms with van der Waals surface area (Å²) in [6.07, 6.45) is 6.63. The van der Waals surface area contributed by atoms with Crippen LogP contribution in [0.4, 0.5) is 0 Å². The first-order valence-electron chi connectivity index (χ1n) is 7.42. The minimum Gasteiger partial charge on any atom is -0.465 e. The van der Waals surface area contributed by atoms with Gasteiger partial charge in [-0.2, -0.15) is 0 Å². The molecule has 2 nitrogen and oxygen atoms in total. The van der Waals surface area contributed by atoms with E-state index in [0.29, 0.717) is 6.61 Å². The Morgan fingerprint density at radius 1 is 0.944 bits per heavy atom. The molecule has 0 aliphatic carbocycles. The summed E-state index contributed by atoms with van der Waals surface area (Å²) in [5, 5.41) is 0. The van der Waals surface area contributed by atoms with Crippen molar-refractivity contribution < 1.29 is 9.53 Å². The van der Waals surface area contributed by atoms with Crippen LogP contribution in [0.3, 0.4) is 0 Å². The third-order valence-corrected chi connectivity index (χ3v) is 3.51. The van der Waals surface area contributed by atoms with Crippen LogP contribution in [0, 0.1) is 10.8 Å². The fourth-order valence-corrected chi connectivity index (χ4v) is 1.90. The standard InChI is InChI=1S/C16H32O2/c1-7-9-11-15(3,4)13-18-14(17)16(5,6)12-10-8-2/h7-13H2,1-6H3. The Bertz CT molecular complexity index is 241. The van der Waals surface area contributed by atoms with Gasteiger partial charge < -0.3 is 4.74 Å². The van der Waals surface area contributed by atoms with Gasteiger partial charge in [0.05, 0.1) is 12.0 Å². The highest BCUT2D eigenvalue weighted by molar-refractivity contribution is 5.75. The molecule has 0 aliphatic heterocycles. The predicted octanol–water partition coefficient (Wildman–Crippen LogP) is 4.96. The van der Waals surface area contributed by atoms with Crippen molar-refractivity contribution in [1.29, 1.82) is 0 Å². The molecule has 0 radical (unpaired) electrons. The molecule has 0 rings (SSSR count). The second-order valence-corrected chi connectivity index (χ2v) is 6.83. The van der Waals surface area contributed by atoms with E-state index in [0.717, 1.165) is 25.7 Å². The van der Waals surface area contributed by atoms with Crippen molar-refractivity contribution in [2.45, 2.75) is 80.1 Å². The maximum Gasteiger partial charge on any atom is 0.311 e. The van der Waals surface area contributed by atoms with E-state index in [9.17, 15) is 4.79 Å². The van der Waals surface area contributed by atoms with Gasteiger partial charge in [-0.3, -0.25) is 4.79 Å². The zero-order chi connectivity index (χ0) is 14.2. The Balaban J connectivity index is 4.15. The van der Waals surface area contributed by atoms with Gasteiger partial charge in [0.2, 0.25) is 0 Å². The molecular formula is C16H32O2. The highest BCUT2D eigenvalue weighted by atomic mass is 16.5. The molecule has 0 saturated heterocycles. The van der Waals surface area contributed by atoms with Gasteiger partial charge in [0.15, 0.2) is 0 Å². The van der Waals surface area contributed by atoms with Gasteiger partial charge in [0, 0.05) is 0 Å². The van der Waals surface area contributed by atoms with E-state index in [1.807, 2.05) is 13.8 Å². The van der Waals surface area contributed by atoms with Crippen molar-refractivity contribution in [3.63, 3.8) is 0 Å². The lowest BCUT2D eigenvalue weighted by atomic mass is 9.86. The fraction of sp³-hybridized carbons (Fsp3) is 0.938. The Labute approximate surface area is 113 Å². The smallest absolute Gasteiger partial charge is 0.311 e. The lowest BCUT2D eigenvalue weighted by Gasteiger charge is -2.28. The van der Waals surface area contributed by atoms with Crippen molar-refractivity contribution in [2.75, 3.05) is 6.61 Å². The van der Waals surface area contributed by atoms with Crippen LogP contribution < -0.4 is 0 Å². The van der Waals surface area contributed by atoms with Gasteiger partial charge in [-0.25, -0.2) is 0 Å². The molecule has 0 atom stereocenters. The summed E-state index contributed by atoms with van der Waals surface area (Å²) in [6.45, 7) is 13.2. The number of ether oxygens (including phenoxy) is 1. The van der Waals surface area contributed by atoms with E-state index < -0.39 is 0 Å². The second-order valence-electron chi connectivity index (χ2n) is 6.83. The predicted molar refractivity (Wildman–Crippen MR) is 77.6 cm³/mol. The Hall–Kier alpha value is -0.530. The highest BCUT2D eigenvalue weighted by Gasteiger charge is 2.30. The number of carbonyl (C=O) groups is 1. The molecule has 108 valence electrons. The first kappa shape index (κ1) is 17.5. The normalized spacial score (nSPS) is 12.6. The SMILES string of the molecule is CCCCC(C)(C)COC(=O)C(C)(C)CCCC. The number of esters is 1. The minimum atomic E-state index is -0.336. The third kappa shape index (κ3) is 7.03. The van der Waals surface area contributed by atoms with Crippen molar-refractivity contribution in [1.82, 2.24) is 0 Å². The van der Waals surface area contributed by atoms with Gasteiger partial charge in [-0.15, -0.1) is 0 Å². The van der Waals surface area contributed by atoms with Crippen LogP contribution in [-0.2, 0) is 9.53 Å². The second kappa shape index (κ2) is 7.81. The van der Waals surface area contributed by atoms with E-state index >= 15 is 0 Å². The minimum absolute atomic E-state index is 0.0412. The quantitative estimate of drug-likeness (QED) is 0.545. The van der Waals surface area contributed by atoms with Gasteiger partial charge in [0.1, 0.15) is 0 Å². The van der Waals surface area contributed by atoms with Crippen molar-refractivity contribution in [3.8, 4) is 0 Å². The van der Waals surface area contributed by atoms with Crippen LogP contribution in [0.5, 0.6) is 0 Å². The fourth-order valence-electron chi connectivity index (χ4n) is 1.90. The molecular weight excluding hydrogens is 224 g/mol. The zero-order valence-electron chi connectivity index (χ0n) is 13.3. The molecule has 18 heavy (non-hydrogen) atoms. The van der Waals surface area contributed by atoms with Crippen LogP contribution in [0.25, 0.3) is 0 Å². The first-order chi connectivity index (χ1) is 8.25. The van der Waals surface area contributed by atoms with Gasteiger partial charge in [-0.05, 0) is 32.1 Å². The van der Waals surface area contributed by atoms with E-state index in [4.69, 9.17) is 4.74 Å². The molecule has 0 aromatic rings. The molecule has 0 saturated carbocycles. The Kier molecular flexibility index (Phi) is 7.58. The summed E-state index contributed by atoms with van der Waals surface area (Å²) in [7, 11) is 0. The molecule has 0 unspecified atom stereocenters. The van der Waals surface area contributed by atoms with Gasteiger partial charge >= 0.3 is 5.97 Å². The molecule has 0 heterocycles. The lowest BCUT2D eigenvalue weighted by Crippen LogP contribution is -2.30. The zero-order valence-corrected chi connectivity index (χ0v) is 13.3. The summed E-state index contributed by atoms with van der Waals surface area (Å²) in [6, 6.07) is 0. The van der Waals surface area contributed by atoms with Crippen LogP contribution in [0.2, 0.25) is 0 Å². The maximum atomic E-state index is 12.1. The van der Waals surface area contributed by atoms with Crippen LogP contribution in [0.15, 0.2) is 0 Å². The molecule has 0 N–H and O–H groups in total. The molecule has 0 aliphatic rings. The van der Waals surface area contributed by atoms with Crippen molar-refractivity contribution in [2.24, 2.45) is 10.8 Å². The highest BCUT2D eigenvalue weighted by Crippen LogP contribution is 2.28. The number of carbonyl (C=O) groups excluding carboxylic acids is 1. The summed E-state index contributed by atoms with van der Waals surface area (Å²) >= 11 is 0. The topological polar surface area (TPSA) is 26.3 Å². The number of unbranched alkanes of at least 4 members (excludes halogenated alkanes) is 2. The summed E-state index contributed by atoms with van der Waals surface area (Å²) in [5.74, 6) is -0.0412. The van der Waals surface area contributed by atoms with Crippen LogP contribution in [0.1, 0.15) is 80.1 Å².